The molecule has 0 spiro atoms. The molecule has 2 rings (SSSR count). The minimum absolute atomic E-state index is 0.222. The number of thiophene rings is 1. The van der Waals surface area contributed by atoms with E-state index in [4.69, 9.17) is 4.74 Å². The van der Waals surface area contributed by atoms with E-state index in [1.54, 1.807) is 19.4 Å². The lowest BCUT2D eigenvalue weighted by atomic mass is 10.2. The second-order valence-electron chi connectivity index (χ2n) is 3.56. The average Bonchev–Trinajstić information content (AvgIpc) is 2.93. The number of carbonyl (C=O) groups is 1. The molecule has 0 aliphatic heterocycles. The summed E-state index contributed by atoms with van der Waals surface area (Å²) < 4.78 is 6.12. The Morgan fingerprint density at radius 2 is 2.32 bits per heavy atom. The fourth-order valence-corrected chi connectivity index (χ4v) is 2.42. The minimum atomic E-state index is -0.222. The Bertz CT molecular complexity index is 597. The fraction of sp³-hybridized carbons (Fsp3) is 0.0769. The van der Waals surface area contributed by atoms with Crippen molar-refractivity contribution in [1.82, 2.24) is 5.43 Å². The Labute approximate surface area is 123 Å². The smallest absolute Gasteiger partial charge is 0.281 e. The number of amides is 1. The van der Waals surface area contributed by atoms with E-state index in [1.807, 2.05) is 29.6 Å². The molecule has 0 radical (unpaired) electrons. The molecule has 0 saturated heterocycles. The summed E-state index contributed by atoms with van der Waals surface area (Å²) in [6.45, 7) is 0. The molecular weight excluding hydrogens is 328 g/mol. The summed E-state index contributed by atoms with van der Waals surface area (Å²) in [7, 11) is 1.59. The van der Waals surface area contributed by atoms with Crippen LogP contribution < -0.4 is 10.2 Å². The number of nitrogens with zero attached hydrogens (tertiary/aromatic N) is 1. The second-order valence-corrected chi connectivity index (χ2v) is 5.43. The normalized spacial score (nSPS) is 10.6. The zero-order valence-electron chi connectivity index (χ0n) is 10.1. The summed E-state index contributed by atoms with van der Waals surface area (Å²) in [5.74, 6) is 0.470. The van der Waals surface area contributed by atoms with Crippen molar-refractivity contribution >= 4 is 39.4 Å². The first-order valence-electron chi connectivity index (χ1n) is 5.41. The highest BCUT2D eigenvalue weighted by molar-refractivity contribution is 9.10. The lowest BCUT2D eigenvalue weighted by molar-refractivity contribution is 0.0959. The van der Waals surface area contributed by atoms with E-state index in [1.165, 1.54) is 11.3 Å². The van der Waals surface area contributed by atoms with Gasteiger partial charge in [0.1, 0.15) is 5.75 Å². The van der Waals surface area contributed by atoms with Crippen LogP contribution in [-0.4, -0.2) is 19.2 Å². The summed E-state index contributed by atoms with van der Waals surface area (Å²) in [5, 5.41) is 5.77. The van der Waals surface area contributed by atoms with Gasteiger partial charge in [-0.25, -0.2) is 5.43 Å². The van der Waals surface area contributed by atoms with Crippen molar-refractivity contribution in [1.29, 1.82) is 0 Å². The van der Waals surface area contributed by atoms with Crippen molar-refractivity contribution in [2.75, 3.05) is 7.11 Å². The summed E-state index contributed by atoms with van der Waals surface area (Å²) in [6.07, 6.45) is 1.55. The van der Waals surface area contributed by atoms with Gasteiger partial charge in [-0.05, 0) is 29.6 Å². The molecule has 0 atom stereocenters. The quantitative estimate of drug-likeness (QED) is 0.687. The van der Waals surface area contributed by atoms with Crippen LogP contribution in [0, 0.1) is 0 Å². The third-order valence-electron chi connectivity index (χ3n) is 2.31. The van der Waals surface area contributed by atoms with E-state index in [0.29, 0.717) is 10.6 Å². The molecule has 19 heavy (non-hydrogen) atoms. The molecule has 0 aliphatic carbocycles. The summed E-state index contributed by atoms with van der Waals surface area (Å²) in [6, 6.07) is 9.13. The van der Waals surface area contributed by atoms with E-state index in [9.17, 15) is 4.79 Å². The Morgan fingerprint density at radius 3 is 3.00 bits per heavy atom. The van der Waals surface area contributed by atoms with Crippen LogP contribution in [0.4, 0.5) is 0 Å². The van der Waals surface area contributed by atoms with Crippen molar-refractivity contribution < 1.29 is 9.53 Å². The van der Waals surface area contributed by atoms with Gasteiger partial charge in [0.05, 0.1) is 18.2 Å². The van der Waals surface area contributed by atoms with Crippen molar-refractivity contribution in [2.45, 2.75) is 0 Å². The highest BCUT2D eigenvalue weighted by Gasteiger charge is 2.04. The Morgan fingerprint density at radius 1 is 1.47 bits per heavy atom. The summed E-state index contributed by atoms with van der Waals surface area (Å²) in [5.41, 5.74) is 3.26. The van der Waals surface area contributed by atoms with Gasteiger partial charge in [-0.15, -0.1) is 11.3 Å². The maximum Gasteiger partial charge on any atom is 0.281 e. The van der Waals surface area contributed by atoms with Crippen LogP contribution in [0.2, 0.25) is 0 Å². The number of nitrogens with one attached hydrogen (secondary N) is 1. The predicted molar refractivity (Wildman–Crippen MR) is 80.1 cm³/mol. The third-order valence-corrected chi connectivity index (χ3v) is 3.67. The molecule has 6 heteroatoms. The first-order valence-corrected chi connectivity index (χ1v) is 7.08. The summed E-state index contributed by atoms with van der Waals surface area (Å²) in [4.78, 5) is 12.3. The first kappa shape index (κ1) is 13.8. The van der Waals surface area contributed by atoms with Gasteiger partial charge in [-0.3, -0.25) is 4.79 Å². The molecule has 1 heterocycles. The van der Waals surface area contributed by atoms with Crippen molar-refractivity contribution in [3.8, 4) is 5.75 Å². The van der Waals surface area contributed by atoms with Crippen LogP contribution in [0.25, 0.3) is 0 Å². The molecular formula is C13H11BrN2O2S. The number of hydrogen-bond donors (Lipinski definition) is 1. The SMILES string of the molecule is COc1ccc(Br)cc1/C=N\NC(=O)c1cccs1. The number of ether oxygens (including phenoxy) is 1. The molecule has 1 amide bonds. The van der Waals surface area contributed by atoms with Crippen molar-refractivity contribution in [3.05, 3.63) is 50.6 Å². The van der Waals surface area contributed by atoms with Crippen LogP contribution in [0.5, 0.6) is 5.75 Å². The number of carbonyl (C=O) groups excluding carboxylic acids is 1. The number of hydrazone groups is 1. The number of rotatable bonds is 4. The zero-order chi connectivity index (χ0) is 13.7. The van der Waals surface area contributed by atoms with Crippen LogP contribution >= 0.6 is 27.3 Å². The molecule has 1 N–H and O–H groups in total. The van der Waals surface area contributed by atoms with Crippen molar-refractivity contribution in [3.63, 3.8) is 0 Å². The molecule has 1 aromatic heterocycles. The van der Waals surface area contributed by atoms with E-state index in [2.05, 4.69) is 26.5 Å². The molecule has 0 bridgehead atoms. The standard InChI is InChI=1S/C13H11BrN2O2S/c1-18-11-5-4-10(14)7-9(11)8-15-16-13(17)12-3-2-6-19-12/h2-8H,1H3,(H,16,17)/b15-8-. The van der Waals surface area contributed by atoms with Gasteiger partial charge in [-0.1, -0.05) is 22.0 Å². The minimum Gasteiger partial charge on any atom is -0.496 e. The average molecular weight is 339 g/mol. The molecule has 0 unspecified atom stereocenters. The van der Waals surface area contributed by atoms with E-state index in [0.717, 1.165) is 10.0 Å². The highest BCUT2D eigenvalue weighted by atomic mass is 79.9. The maximum atomic E-state index is 11.7. The van der Waals surface area contributed by atoms with Gasteiger partial charge in [-0.2, -0.15) is 5.10 Å². The van der Waals surface area contributed by atoms with E-state index in [-0.39, 0.29) is 5.91 Å². The Hall–Kier alpha value is -1.66. The maximum absolute atomic E-state index is 11.7. The summed E-state index contributed by atoms with van der Waals surface area (Å²) >= 11 is 4.74. The largest absolute Gasteiger partial charge is 0.496 e. The van der Waals surface area contributed by atoms with Crippen LogP contribution in [0.3, 0.4) is 0 Å². The molecule has 0 aliphatic rings. The van der Waals surface area contributed by atoms with Crippen LogP contribution in [-0.2, 0) is 0 Å². The molecule has 4 nitrogen and oxygen atoms in total. The molecule has 0 saturated carbocycles. The topological polar surface area (TPSA) is 50.7 Å². The highest BCUT2D eigenvalue weighted by Crippen LogP contribution is 2.21. The fourth-order valence-electron chi connectivity index (χ4n) is 1.43. The molecule has 2 aromatic rings. The third kappa shape index (κ3) is 3.65. The van der Waals surface area contributed by atoms with Gasteiger partial charge in [0.2, 0.25) is 0 Å². The number of benzene rings is 1. The number of halogens is 1. The Balaban J connectivity index is 2.07. The van der Waals surface area contributed by atoms with Gasteiger partial charge in [0.25, 0.3) is 5.91 Å². The van der Waals surface area contributed by atoms with Gasteiger partial charge in [0.15, 0.2) is 0 Å². The van der Waals surface area contributed by atoms with Gasteiger partial charge >= 0.3 is 0 Å². The van der Waals surface area contributed by atoms with Gasteiger partial charge in [0, 0.05) is 10.0 Å². The monoisotopic (exact) mass is 338 g/mol. The second kappa shape index (κ2) is 6.49. The number of hydrogen-bond acceptors (Lipinski definition) is 4. The van der Waals surface area contributed by atoms with Gasteiger partial charge < -0.3 is 4.74 Å². The molecule has 98 valence electrons. The van der Waals surface area contributed by atoms with E-state index < -0.39 is 0 Å². The number of methoxy groups -OCH3 is 1. The van der Waals surface area contributed by atoms with Crippen LogP contribution in [0.1, 0.15) is 15.2 Å². The van der Waals surface area contributed by atoms with E-state index >= 15 is 0 Å². The first-order chi connectivity index (χ1) is 9.20. The van der Waals surface area contributed by atoms with Crippen molar-refractivity contribution in [2.24, 2.45) is 5.10 Å². The molecule has 1 aromatic carbocycles. The predicted octanol–water partition coefficient (Wildman–Crippen LogP) is 3.28. The molecule has 0 fully saturated rings. The lowest BCUT2D eigenvalue weighted by Crippen LogP contribution is -2.16. The zero-order valence-corrected chi connectivity index (χ0v) is 12.5. The Kier molecular flexibility index (Phi) is 4.70. The lowest BCUT2D eigenvalue weighted by Gasteiger charge is -2.04. The van der Waals surface area contributed by atoms with Crippen LogP contribution in [0.15, 0.2) is 45.3 Å².